The summed E-state index contributed by atoms with van der Waals surface area (Å²) >= 11 is 0. The zero-order valence-corrected chi connectivity index (χ0v) is 10.9. The van der Waals surface area contributed by atoms with Crippen molar-refractivity contribution >= 4 is 17.4 Å². The highest BCUT2D eigenvalue weighted by Gasteiger charge is 2.14. The number of ether oxygens (including phenoxy) is 1. The molecular weight excluding hydrogens is 250 g/mol. The van der Waals surface area contributed by atoms with Gasteiger partial charge >= 0.3 is 6.03 Å². The van der Waals surface area contributed by atoms with Crippen molar-refractivity contribution in [1.82, 2.24) is 5.32 Å². The number of nitro groups is 1. The van der Waals surface area contributed by atoms with Crippen molar-refractivity contribution in [3.05, 3.63) is 33.9 Å². The van der Waals surface area contributed by atoms with Gasteiger partial charge in [-0.3, -0.25) is 10.1 Å². The lowest BCUT2D eigenvalue weighted by atomic mass is 10.1. The molecule has 7 nitrogen and oxygen atoms in total. The van der Waals surface area contributed by atoms with Gasteiger partial charge in [0.1, 0.15) is 0 Å². The molecule has 0 spiro atoms. The first-order valence-corrected chi connectivity index (χ1v) is 5.84. The van der Waals surface area contributed by atoms with E-state index in [4.69, 9.17) is 4.74 Å². The number of nitro benzene ring substituents is 1. The van der Waals surface area contributed by atoms with Gasteiger partial charge in [0, 0.05) is 26.3 Å². The zero-order chi connectivity index (χ0) is 14.3. The van der Waals surface area contributed by atoms with E-state index in [1.54, 1.807) is 20.1 Å². The third-order valence-corrected chi connectivity index (χ3v) is 2.56. The maximum Gasteiger partial charge on any atom is 0.319 e. The molecule has 0 saturated heterocycles. The van der Waals surface area contributed by atoms with Crippen molar-refractivity contribution in [3.8, 4) is 0 Å². The Labute approximate surface area is 111 Å². The standard InChI is InChI=1S/C12H17N3O4/c1-9-10(5-3-6-11(9)15(17)18)14-12(16)13-7-4-8-19-2/h3,5-6H,4,7-8H2,1-2H3,(H2,13,14,16). The maximum atomic E-state index is 11.6. The molecule has 19 heavy (non-hydrogen) atoms. The number of methoxy groups -OCH3 is 1. The number of carbonyl (C=O) groups excluding carboxylic acids is 1. The molecule has 2 N–H and O–H groups in total. The topological polar surface area (TPSA) is 93.5 Å². The molecule has 0 fully saturated rings. The van der Waals surface area contributed by atoms with E-state index < -0.39 is 4.92 Å². The van der Waals surface area contributed by atoms with Crippen LogP contribution in [0.5, 0.6) is 0 Å². The summed E-state index contributed by atoms with van der Waals surface area (Å²) in [5, 5.41) is 16.0. The van der Waals surface area contributed by atoms with Crippen molar-refractivity contribution < 1.29 is 14.5 Å². The third kappa shape index (κ3) is 4.55. The number of hydrogen-bond donors (Lipinski definition) is 2. The first kappa shape index (κ1) is 14.9. The highest BCUT2D eigenvalue weighted by molar-refractivity contribution is 5.90. The second-order valence-electron chi connectivity index (χ2n) is 3.93. The Balaban J connectivity index is 2.59. The lowest BCUT2D eigenvalue weighted by molar-refractivity contribution is -0.385. The van der Waals surface area contributed by atoms with Crippen molar-refractivity contribution in [2.75, 3.05) is 25.6 Å². The minimum atomic E-state index is -0.475. The number of carbonyl (C=O) groups is 1. The number of rotatable bonds is 6. The molecular formula is C12H17N3O4. The highest BCUT2D eigenvalue weighted by Crippen LogP contribution is 2.24. The summed E-state index contributed by atoms with van der Waals surface area (Å²) in [7, 11) is 1.59. The van der Waals surface area contributed by atoms with Crippen LogP contribution in [0.15, 0.2) is 18.2 Å². The van der Waals surface area contributed by atoms with Crippen molar-refractivity contribution in [1.29, 1.82) is 0 Å². The quantitative estimate of drug-likeness (QED) is 0.468. The van der Waals surface area contributed by atoms with Gasteiger partial charge in [-0.15, -0.1) is 0 Å². The number of nitrogens with one attached hydrogen (secondary N) is 2. The Morgan fingerprint density at radius 3 is 2.84 bits per heavy atom. The molecule has 1 aromatic rings. The predicted octanol–water partition coefficient (Wildman–Crippen LogP) is 2.06. The average molecular weight is 267 g/mol. The van der Waals surface area contributed by atoms with E-state index in [-0.39, 0.29) is 11.7 Å². The van der Waals surface area contributed by atoms with E-state index in [0.29, 0.717) is 30.8 Å². The second-order valence-corrected chi connectivity index (χ2v) is 3.93. The second kappa shape index (κ2) is 7.32. The monoisotopic (exact) mass is 267 g/mol. The first-order valence-electron chi connectivity index (χ1n) is 5.84. The highest BCUT2D eigenvalue weighted by atomic mass is 16.6. The van der Waals surface area contributed by atoms with Gasteiger partial charge in [0.15, 0.2) is 0 Å². The van der Waals surface area contributed by atoms with Crippen molar-refractivity contribution in [3.63, 3.8) is 0 Å². The maximum absolute atomic E-state index is 11.6. The molecule has 0 atom stereocenters. The molecule has 0 aromatic heterocycles. The lowest BCUT2D eigenvalue weighted by Crippen LogP contribution is -2.30. The van der Waals surface area contributed by atoms with E-state index in [1.165, 1.54) is 12.1 Å². The van der Waals surface area contributed by atoms with E-state index in [1.807, 2.05) is 0 Å². The summed E-state index contributed by atoms with van der Waals surface area (Å²) in [6, 6.07) is 4.17. The fourth-order valence-corrected chi connectivity index (χ4v) is 1.54. The summed E-state index contributed by atoms with van der Waals surface area (Å²) in [5.41, 5.74) is 0.843. The van der Waals surface area contributed by atoms with Crippen LogP contribution in [0, 0.1) is 17.0 Å². The van der Waals surface area contributed by atoms with Crippen LogP contribution in [0.3, 0.4) is 0 Å². The summed E-state index contributed by atoms with van der Waals surface area (Å²) in [6.07, 6.45) is 0.706. The number of anilines is 1. The number of amides is 2. The van der Waals surface area contributed by atoms with E-state index in [0.717, 1.165) is 0 Å². The van der Waals surface area contributed by atoms with Gasteiger partial charge in [-0.25, -0.2) is 4.79 Å². The van der Waals surface area contributed by atoms with E-state index >= 15 is 0 Å². The number of hydrogen-bond acceptors (Lipinski definition) is 4. The number of urea groups is 1. The summed E-state index contributed by atoms with van der Waals surface area (Å²) in [5.74, 6) is 0. The number of nitrogens with zero attached hydrogens (tertiary/aromatic N) is 1. The van der Waals surface area contributed by atoms with E-state index in [2.05, 4.69) is 10.6 Å². The molecule has 0 heterocycles. The average Bonchev–Trinajstić information content (AvgIpc) is 2.37. The van der Waals surface area contributed by atoms with Crippen LogP contribution in [0.2, 0.25) is 0 Å². The van der Waals surface area contributed by atoms with Gasteiger partial charge in [0.05, 0.1) is 16.2 Å². The minimum Gasteiger partial charge on any atom is -0.385 e. The van der Waals surface area contributed by atoms with Gasteiger partial charge in [0.25, 0.3) is 5.69 Å². The van der Waals surface area contributed by atoms with Crippen molar-refractivity contribution in [2.24, 2.45) is 0 Å². The Morgan fingerprint density at radius 2 is 2.21 bits per heavy atom. The zero-order valence-electron chi connectivity index (χ0n) is 10.9. The molecule has 0 aliphatic heterocycles. The minimum absolute atomic E-state index is 0.0165. The Kier molecular flexibility index (Phi) is 5.74. The lowest BCUT2D eigenvalue weighted by Gasteiger charge is -2.09. The molecule has 0 aliphatic carbocycles. The van der Waals surface area contributed by atoms with Gasteiger partial charge in [-0.2, -0.15) is 0 Å². The van der Waals surface area contributed by atoms with Crippen LogP contribution in [0.4, 0.5) is 16.2 Å². The first-order chi connectivity index (χ1) is 9.06. The molecule has 104 valence electrons. The Bertz CT molecular complexity index is 462. The molecule has 1 aromatic carbocycles. The van der Waals surface area contributed by atoms with Crippen LogP contribution in [0.25, 0.3) is 0 Å². The van der Waals surface area contributed by atoms with Crippen LogP contribution >= 0.6 is 0 Å². The van der Waals surface area contributed by atoms with Crippen molar-refractivity contribution in [2.45, 2.75) is 13.3 Å². The van der Waals surface area contributed by atoms with Gasteiger partial charge in [0.2, 0.25) is 0 Å². The summed E-state index contributed by atoms with van der Waals surface area (Å²) < 4.78 is 4.86. The number of benzene rings is 1. The Hall–Kier alpha value is -2.15. The molecule has 7 heteroatoms. The largest absolute Gasteiger partial charge is 0.385 e. The van der Waals surface area contributed by atoms with Crippen LogP contribution in [0.1, 0.15) is 12.0 Å². The van der Waals surface area contributed by atoms with Crippen LogP contribution < -0.4 is 10.6 Å². The normalized spacial score (nSPS) is 10.0. The fraction of sp³-hybridized carbons (Fsp3) is 0.417. The molecule has 2 amide bonds. The van der Waals surface area contributed by atoms with Crippen LogP contribution in [-0.2, 0) is 4.74 Å². The molecule has 0 aliphatic rings. The molecule has 1 rings (SSSR count). The molecule has 0 bridgehead atoms. The molecule has 0 unspecified atom stereocenters. The van der Waals surface area contributed by atoms with E-state index in [9.17, 15) is 14.9 Å². The molecule has 0 saturated carbocycles. The van der Waals surface area contributed by atoms with Gasteiger partial charge < -0.3 is 15.4 Å². The SMILES string of the molecule is COCCCNC(=O)Nc1cccc([N+](=O)[O-])c1C. The molecule has 0 radical (unpaired) electrons. The summed E-state index contributed by atoms with van der Waals surface area (Å²) in [4.78, 5) is 21.9. The van der Waals surface area contributed by atoms with Gasteiger partial charge in [-0.05, 0) is 19.4 Å². The smallest absolute Gasteiger partial charge is 0.319 e. The van der Waals surface area contributed by atoms with Gasteiger partial charge in [-0.1, -0.05) is 6.07 Å². The summed E-state index contributed by atoms with van der Waals surface area (Å²) in [6.45, 7) is 2.64. The predicted molar refractivity (Wildman–Crippen MR) is 71.3 cm³/mol. The van der Waals surface area contributed by atoms with Crippen LogP contribution in [-0.4, -0.2) is 31.2 Å². The third-order valence-electron chi connectivity index (χ3n) is 2.56. The fourth-order valence-electron chi connectivity index (χ4n) is 1.54. The Morgan fingerprint density at radius 1 is 1.47 bits per heavy atom.